The Morgan fingerprint density at radius 3 is 2.67 bits per heavy atom. The highest BCUT2D eigenvalue weighted by atomic mass is 32.1. The molecular formula is C27H27FN6O4S. The van der Waals surface area contributed by atoms with Crippen molar-refractivity contribution in [3.8, 4) is 23.3 Å². The van der Waals surface area contributed by atoms with Crippen molar-refractivity contribution < 1.29 is 23.8 Å². The molecule has 0 spiro atoms. The Morgan fingerprint density at radius 1 is 1.23 bits per heavy atom. The topological polar surface area (TPSA) is 133 Å². The zero-order valence-electron chi connectivity index (χ0n) is 21.6. The fraction of sp³-hybridized carbons (Fsp3) is 0.259. The number of carbonyl (C=O) groups is 1. The summed E-state index contributed by atoms with van der Waals surface area (Å²) in [6, 6.07) is 8.81. The Bertz CT molecular complexity index is 1500. The summed E-state index contributed by atoms with van der Waals surface area (Å²) in [5, 5.41) is 27.0. The van der Waals surface area contributed by atoms with E-state index in [-0.39, 0.29) is 29.4 Å². The van der Waals surface area contributed by atoms with E-state index in [1.54, 1.807) is 36.8 Å². The molecule has 0 unspecified atom stereocenters. The van der Waals surface area contributed by atoms with Gasteiger partial charge >= 0.3 is 6.03 Å². The number of thiazole rings is 1. The maximum absolute atomic E-state index is 15.0. The zero-order valence-corrected chi connectivity index (χ0v) is 22.4. The number of aromatic nitrogens is 2. The van der Waals surface area contributed by atoms with Gasteiger partial charge in [0.2, 0.25) is 0 Å². The largest absolute Gasteiger partial charge is 0.489 e. The quantitative estimate of drug-likeness (QED) is 0.228. The zero-order chi connectivity index (χ0) is 27.9. The molecule has 0 saturated heterocycles. The number of fused-ring (bicyclic) bond motifs is 1. The number of ether oxygens (including phenoxy) is 2. The molecule has 4 aromatic rings. The van der Waals surface area contributed by atoms with Gasteiger partial charge in [0.25, 0.3) is 0 Å². The van der Waals surface area contributed by atoms with Crippen LogP contribution in [0.2, 0.25) is 0 Å². The van der Waals surface area contributed by atoms with Gasteiger partial charge in [0.15, 0.2) is 10.9 Å². The predicted octanol–water partition coefficient (Wildman–Crippen LogP) is 5.74. The number of benzene rings is 2. The van der Waals surface area contributed by atoms with E-state index in [1.807, 2.05) is 18.7 Å². The first-order chi connectivity index (χ1) is 18.8. The van der Waals surface area contributed by atoms with Gasteiger partial charge in [-0.25, -0.2) is 14.2 Å². The summed E-state index contributed by atoms with van der Waals surface area (Å²) in [6.07, 6.45) is 2.49. The van der Waals surface area contributed by atoms with E-state index in [9.17, 15) is 19.6 Å². The maximum atomic E-state index is 15.0. The first-order valence-electron chi connectivity index (χ1n) is 12.2. The average molecular weight is 551 g/mol. The standard InChI is InChI=1S/C27H27FN6O4S/c1-4-34(5-2)23-14-31-22-12-24(37-15-16(3)35)17(13-29)10-19(22)25(23)38-18-6-7-21(20(28)11-18)32-26(36)33-27-30-8-9-39-27/h6-12,14,16,35H,4-5,15H2,1-3H3,(H2,30,32,33,36)/t16-/m1/s1. The second kappa shape index (κ2) is 12.4. The van der Waals surface area contributed by atoms with Gasteiger partial charge in [0.05, 0.1) is 34.8 Å². The lowest BCUT2D eigenvalue weighted by Crippen LogP contribution is -2.22. The number of carbonyl (C=O) groups excluding carboxylic acids is 1. The van der Waals surface area contributed by atoms with Crippen molar-refractivity contribution in [3.63, 3.8) is 0 Å². The number of nitriles is 1. The van der Waals surface area contributed by atoms with Gasteiger partial charge in [0, 0.05) is 42.2 Å². The minimum absolute atomic E-state index is 0.0165. The smallest absolute Gasteiger partial charge is 0.325 e. The van der Waals surface area contributed by atoms with Crippen molar-refractivity contribution in [2.75, 3.05) is 35.2 Å². The number of hydrogen-bond donors (Lipinski definition) is 3. The van der Waals surface area contributed by atoms with E-state index in [2.05, 4.69) is 26.7 Å². The van der Waals surface area contributed by atoms with Crippen LogP contribution in [0.15, 0.2) is 48.1 Å². The third-order valence-electron chi connectivity index (χ3n) is 5.67. The van der Waals surface area contributed by atoms with Crippen LogP contribution >= 0.6 is 11.3 Å². The van der Waals surface area contributed by atoms with Crippen LogP contribution < -0.4 is 25.0 Å². The minimum atomic E-state index is -0.713. The summed E-state index contributed by atoms with van der Waals surface area (Å²) in [5.41, 5.74) is 1.37. The van der Waals surface area contributed by atoms with Crippen LogP contribution in [0.1, 0.15) is 26.3 Å². The summed E-state index contributed by atoms with van der Waals surface area (Å²) in [5.74, 6) is 0.171. The molecule has 0 radical (unpaired) electrons. The molecular weight excluding hydrogens is 523 g/mol. The Hall–Kier alpha value is -4.47. The summed E-state index contributed by atoms with van der Waals surface area (Å²) in [6.45, 7) is 6.89. The normalized spacial score (nSPS) is 11.5. The number of aliphatic hydroxyl groups is 1. The lowest BCUT2D eigenvalue weighted by atomic mass is 10.1. The van der Waals surface area contributed by atoms with Gasteiger partial charge in [0.1, 0.15) is 30.0 Å². The number of nitrogens with one attached hydrogen (secondary N) is 2. The molecule has 0 aliphatic heterocycles. The maximum Gasteiger partial charge on any atom is 0.325 e. The van der Waals surface area contributed by atoms with Crippen LogP contribution in [0.5, 0.6) is 17.2 Å². The Kier molecular flexibility index (Phi) is 8.75. The Labute approximate surface area is 228 Å². The van der Waals surface area contributed by atoms with Gasteiger partial charge in [-0.15, -0.1) is 11.3 Å². The molecule has 2 aromatic heterocycles. The number of amides is 2. The predicted molar refractivity (Wildman–Crippen MR) is 148 cm³/mol. The van der Waals surface area contributed by atoms with E-state index < -0.39 is 18.0 Å². The van der Waals surface area contributed by atoms with Crippen LogP contribution in [-0.4, -0.2) is 46.9 Å². The first kappa shape index (κ1) is 27.6. The number of halogens is 1. The molecule has 2 heterocycles. The molecule has 0 aliphatic rings. The second-order valence-electron chi connectivity index (χ2n) is 8.44. The molecule has 2 amide bonds. The summed E-state index contributed by atoms with van der Waals surface area (Å²) in [4.78, 5) is 22.7. The van der Waals surface area contributed by atoms with Crippen molar-refractivity contribution in [1.82, 2.24) is 9.97 Å². The van der Waals surface area contributed by atoms with Crippen molar-refractivity contribution in [3.05, 3.63) is 59.5 Å². The van der Waals surface area contributed by atoms with Crippen molar-refractivity contribution in [2.24, 2.45) is 0 Å². The molecule has 0 fully saturated rings. The van der Waals surface area contributed by atoms with E-state index in [0.717, 1.165) is 0 Å². The summed E-state index contributed by atoms with van der Waals surface area (Å²) in [7, 11) is 0. The van der Waals surface area contributed by atoms with E-state index in [1.165, 1.54) is 29.5 Å². The highest BCUT2D eigenvalue weighted by molar-refractivity contribution is 7.13. The molecule has 12 heteroatoms. The van der Waals surface area contributed by atoms with E-state index in [0.29, 0.717) is 40.6 Å². The fourth-order valence-corrected chi connectivity index (χ4v) is 4.34. The number of pyridine rings is 1. The van der Waals surface area contributed by atoms with Crippen LogP contribution in [0.4, 0.5) is 25.7 Å². The SMILES string of the molecule is CCN(CC)c1cnc2cc(OC[C@@H](C)O)c(C#N)cc2c1Oc1ccc(NC(=O)Nc2nccs2)c(F)c1. The van der Waals surface area contributed by atoms with E-state index >= 15 is 0 Å². The third-order valence-corrected chi connectivity index (χ3v) is 6.36. The molecule has 0 bridgehead atoms. The van der Waals surface area contributed by atoms with Gasteiger partial charge in [-0.05, 0) is 39.0 Å². The Balaban J connectivity index is 1.69. The van der Waals surface area contributed by atoms with Gasteiger partial charge in [-0.2, -0.15) is 5.26 Å². The molecule has 1 atom stereocenters. The van der Waals surface area contributed by atoms with Crippen molar-refractivity contribution >= 4 is 44.8 Å². The molecule has 4 rings (SSSR count). The molecule has 202 valence electrons. The van der Waals surface area contributed by atoms with Crippen molar-refractivity contribution in [1.29, 1.82) is 5.26 Å². The second-order valence-corrected chi connectivity index (χ2v) is 9.34. The lowest BCUT2D eigenvalue weighted by Gasteiger charge is -2.25. The molecule has 3 N–H and O–H groups in total. The number of hydrogen-bond acceptors (Lipinski definition) is 9. The fourth-order valence-electron chi connectivity index (χ4n) is 3.81. The lowest BCUT2D eigenvalue weighted by molar-refractivity contribution is 0.122. The summed E-state index contributed by atoms with van der Waals surface area (Å²) >= 11 is 1.24. The van der Waals surface area contributed by atoms with Crippen LogP contribution in [-0.2, 0) is 0 Å². The highest BCUT2D eigenvalue weighted by Crippen LogP contribution is 2.40. The van der Waals surface area contributed by atoms with Gasteiger partial charge < -0.3 is 24.8 Å². The average Bonchev–Trinajstić information content (AvgIpc) is 3.43. The number of nitrogens with zero attached hydrogens (tertiary/aromatic N) is 4. The van der Waals surface area contributed by atoms with Crippen LogP contribution in [0.25, 0.3) is 10.9 Å². The first-order valence-corrected chi connectivity index (χ1v) is 13.1. The summed E-state index contributed by atoms with van der Waals surface area (Å²) < 4.78 is 26.8. The molecule has 0 saturated carbocycles. The molecule has 39 heavy (non-hydrogen) atoms. The number of anilines is 3. The number of urea groups is 1. The molecule has 0 aliphatic carbocycles. The third kappa shape index (κ3) is 6.51. The van der Waals surface area contributed by atoms with E-state index in [4.69, 9.17) is 9.47 Å². The number of rotatable bonds is 10. The number of aliphatic hydroxyl groups excluding tert-OH is 1. The highest BCUT2D eigenvalue weighted by Gasteiger charge is 2.19. The van der Waals surface area contributed by atoms with Crippen molar-refractivity contribution in [2.45, 2.75) is 26.9 Å². The van der Waals surface area contributed by atoms with Gasteiger partial charge in [-0.1, -0.05) is 0 Å². The van der Waals surface area contributed by atoms with Gasteiger partial charge in [-0.3, -0.25) is 10.3 Å². The minimum Gasteiger partial charge on any atom is -0.489 e. The monoisotopic (exact) mass is 550 g/mol. The van der Waals surface area contributed by atoms with Crippen LogP contribution in [0, 0.1) is 17.1 Å². The van der Waals surface area contributed by atoms with Crippen LogP contribution in [0.3, 0.4) is 0 Å². The molecule has 10 nitrogen and oxygen atoms in total. The molecule has 2 aromatic carbocycles. The Morgan fingerprint density at radius 2 is 2.03 bits per heavy atom.